The first-order valence-electron chi connectivity index (χ1n) is 8.35. The van der Waals surface area contributed by atoms with E-state index in [1.54, 1.807) is 37.6 Å². The van der Waals surface area contributed by atoms with Gasteiger partial charge in [-0.25, -0.2) is 4.79 Å². The first kappa shape index (κ1) is 18.5. The number of rotatable bonds is 8. The number of para-hydroxylation sites is 1. The number of benzene rings is 2. The first-order chi connectivity index (χ1) is 12.1. The summed E-state index contributed by atoms with van der Waals surface area (Å²) < 4.78 is 5.18. The third-order valence-corrected chi connectivity index (χ3v) is 3.79. The van der Waals surface area contributed by atoms with Crippen LogP contribution in [-0.2, 0) is 0 Å². The van der Waals surface area contributed by atoms with Crippen LogP contribution in [0.4, 0.5) is 5.69 Å². The van der Waals surface area contributed by atoms with Gasteiger partial charge in [-0.2, -0.15) is 0 Å². The fourth-order valence-corrected chi connectivity index (χ4v) is 2.39. The Morgan fingerprint density at radius 1 is 1.16 bits per heavy atom. The van der Waals surface area contributed by atoms with E-state index in [-0.39, 0.29) is 5.56 Å². The molecule has 4 heteroatoms. The standard InChI is InChI=1S/C21H23NO3/c1-3-4-7-17(14-16-10-12-18(25-2)13-11-16)15-22-20-9-6-5-8-19(20)21(23)24/h5-6,8-15H,3-4,7H2,1-2H3,(H,23,24)/b17-14+,22-15?. The second kappa shape index (κ2) is 9.42. The van der Waals surface area contributed by atoms with Crippen LogP contribution >= 0.6 is 0 Å². The van der Waals surface area contributed by atoms with Crippen LogP contribution < -0.4 is 4.74 Å². The van der Waals surface area contributed by atoms with E-state index in [9.17, 15) is 9.90 Å². The quantitative estimate of drug-likeness (QED) is 0.659. The summed E-state index contributed by atoms with van der Waals surface area (Å²) in [6.45, 7) is 2.14. The lowest BCUT2D eigenvalue weighted by molar-refractivity contribution is 0.0698. The number of unbranched alkanes of at least 4 members (excludes halogenated alkanes) is 1. The molecule has 0 spiro atoms. The molecule has 0 radical (unpaired) electrons. The molecule has 0 aromatic heterocycles. The minimum absolute atomic E-state index is 0.207. The molecule has 0 saturated heterocycles. The highest BCUT2D eigenvalue weighted by molar-refractivity contribution is 5.95. The molecule has 2 rings (SSSR count). The van der Waals surface area contributed by atoms with Crippen molar-refractivity contribution in [2.45, 2.75) is 26.2 Å². The molecular formula is C21H23NO3. The number of aromatic carboxylic acids is 1. The Balaban J connectivity index is 2.27. The van der Waals surface area contributed by atoms with Crippen LogP contribution in [-0.4, -0.2) is 24.4 Å². The van der Waals surface area contributed by atoms with E-state index in [0.717, 1.165) is 36.1 Å². The number of nitrogens with zero attached hydrogens (tertiary/aromatic N) is 1. The van der Waals surface area contributed by atoms with Crippen LogP contribution in [0, 0.1) is 0 Å². The summed E-state index contributed by atoms with van der Waals surface area (Å²) >= 11 is 0. The molecule has 1 N–H and O–H groups in total. The van der Waals surface area contributed by atoms with Gasteiger partial charge in [0.1, 0.15) is 5.75 Å². The van der Waals surface area contributed by atoms with Gasteiger partial charge in [0, 0.05) is 6.21 Å². The highest BCUT2D eigenvalue weighted by Crippen LogP contribution is 2.20. The van der Waals surface area contributed by atoms with E-state index in [1.807, 2.05) is 24.3 Å². The number of methoxy groups -OCH3 is 1. The highest BCUT2D eigenvalue weighted by Gasteiger charge is 2.07. The van der Waals surface area contributed by atoms with E-state index in [4.69, 9.17) is 4.74 Å². The third kappa shape index (κ3) is 5.60. The number of hydrogen-bond acceptors (Lipinski definition) is 3. The van der Waals surface area contributed by atoms with Crippen molar-refractivity contribution in [3.8, 4) is 5.75 Å². The maximum atomic E-state index is 11.3. The lowest BCUT2D eigenvalue weighted by Gasteiger charge is -2.04. The number of aliphatic imine (C=N–C) groups is 1. The SMILES string of the molecule is CCCC/C(C=Nc1ccccc1C(=O)O)=C\c1ccc(OC)cc1. The predicted molar refractivity (Wildman–Crippen MR) is 102 cm³/mol. The first-order valence-corrected chi connectivity index (χ1v) is 8.35. The fraction of sp³-hybridized carbons (Fsp3) is 0.238. The molecule has 0 heterocycles. The van der Waals surface area contributed by atoms with Gasteiger partial charge in [0.2, 0.25) is 0 Å². The zero-order valence-electron chi connectivity index (χ0n) is 14.6. The summed E-state index contributed by atoms with van der Waals surface area (Å²) in [5.74, 6) is -0.154. The number of carbonyl (C=O) groups is 1. The third-order valence-electron chi connectivity index (χ3n) is 3.79. The Morgan fingerprint density at radius 2 is 1.88 bits per heavy atom. The number of ether oxygens (including phenoxy) is 1. The molecule has 4 nitrogen and oxygen atoms in total. The maximum Gasteiger partial charge on any atom is 0.337 e. The van der Waals surface area contributed by atoms with E-state index < -0.39 is 5.97 Å². The van der Waals surface area contributed by atoms with Crippen LogP contribution in [0.25, 0.3) is 6.08 Å². The molecule has 0 amide bonds. The Morgan fingerprint density at radius 3 is 2.52 bits per heavy atom. The monoisotopic (exact) mass is 337 g/mol. The normalized spacial score (nSPS) is 11.7. The van der Waals surface area contributed by atoms with Crippen LogP contribution in [0.15, 0.2) is 59.1 Å². The molecule has 0 saturated carbocycles. The summed E-state index contributed by atoms with van der Waals surface area (Å²) in [7, 11) is 1.64. The van der Waals surface area contributed by atoms with Crippen molar-refractivity contribution < 1.29 is 14.6 Å². The van der Waals surface area contributed by atoms with Gasteiger partial charge in [0.05, 0.1) is 18.4 Å². The Bertz CT molecular complexity index is 761. The smallest absolute Gasteiger partial charge is 0.337 e. The molecule has 25 heavy (non-hydrogen) atoms. The van der Waals surface area contributed by atoms with Crippen molar-refractivity contribution in [3.63, 3.8) is 0 Å². The van der Waals surface area contributed by atoms with Crippen LogP contribution in [0.2, 0.25) is 0 Å². The second-order valence-electron chi connectivity index (χ2n) is 5.68. The summed E-state index contributed by atoms with van der Waals surface area (Å²) in [5, 5.41) is 9.26. The molecule has 0 bridgehead atoms. The average Bonchev–Trinajstić information content (AvgIpc) is 2.64. The van der Waals surface area contributed by atoms with E-state index in [0.29, 0.717) is 5.69 Å². The Labute approximate surface area is 148 Å². The summed E-state index contributed by atoms with van der Waals surface area (Å²) in [4.78, 5) is 15.7. The molecule has 2 aromatic rings. The van der Waals surface area contributed by atoms with Crippen molar-refractivity contribution in [1.82, 2.24) is 0 Å². The number of hydrogen-bond donors (Lipinski definition) is 1. The van der Waals surface area contributed by atoms with Gasteiger partial charge in [-0.3, -0.25) is 4.99 Å². The topological polar surface area (TPSA) is 58.9 Å². The minimum Gasteiger partial charge on any atom is -0.497 e. The number of carboxylic acid groups (broad SMARTS) is 1. The van der Waals surface area contributed by atoms with E-state index in [2.05, 4.69) is 18.0 Å². The van der Waals surface area contributed by atoms with Crippen LogP contribution in [0.5, 0.6) is 5.75 Å². The highest BCUT2D eigenvalue weighted by atomic mass is 16.5. The molecule has 0 atom stereocenters. The molecule has 0 aliphatic carbocycles. The Kier molecular flexibility index (Phi) is 6.96. The number of carboxylic acids is 1. The van der Waals surface area contributed by atoms with Crippen LogP contribution in [0.1, 0.15) is 42.1 Å². The largest absolute Gasteiger partial charge is 0.497 e. The van der Waals surface area contributed by atoms with Gasteiger partial charge in [-0.05, 0) is 48.2 Å². The average molecular weight is 337 g/mol. The molecule has 0 fully saturated rings. The van der Waals surface area contributed by atoms with E-state index in [1.165, 1.54) is 0 Å². The van der Waals surface area contributed by atoms with Gasteiger partial charge in [0.15, 0.2) is 0 Å². The zero-order chi connectivity index (χ0) is 18.1. The second-order valence-corrected chi connectivity index (χ2v) is 5.68. The summed E-state index contributed by atoms with van der Waals surface area (Å²) in [6.07, 6.45) is 6.86. The van der Waals surface area contributed by atoms with Crippen LogP contribution in [0.3, 0.4) is 0 Å². The predicted octanol–water partition coefficient (Wildman–Crippen LogP) is 5.37. The van der Waals surface area contributed by atoms with Gasteiger partial charge in [-0.15, -0.1) is 0 Å². The lowest BCUT2D eigenvalue weighted by atomic mass is 10.1. The maximum absolute atomic E-state index is 11.3. The fourth-order valence-electron chi connectivity index (χ4n) is 2.39. The summed E-state index contributed by atoms with van der Waals surface area (Å²) in [5.41, 5.74) is 2.79. The molecular weight excluding hydrogens is 314 g/mol. The zero-order valence-corrected chi connectivity index (χ0v) is 14.6. The van der Waals surface area contributed by atoms with Gasteiger partial charge < -0.3 is 9.84 Å². The lowest BCUT2D eigenvalue weighted by Crippen LogP contribution is -1.96. The number of allylic oxidation sites excluding steroid dienone is 1. The van der Waals surface area contributed by atoms with Crippen molar-refractivity contribution >= 4 is 23.9 Å². The van der Waals surface area contributed by atoms with Gasteiger partial charge in [0.25, 0.3) is 0 Å². The van der Waals surface area contributed by atoms with Crippen molar-refractivity contribution in [1.29, 1.82) is 0 Å². The van der Waals surface area contributed by atoms with E-state index >= 15 is 0 Å². The molecule has 130 valence electrons. The Hall–Kier alpha value is -2.88. The van der Waals surface area contributed by atoms with Crippen molar-refractivity contribution in [3.05, 3.63) is 65.2 Å². The van der Waals surface area contributed by atoms with Gasteiger partial charge in [-0.1, -0.05) is 43.7 Å². The van der Waals surface area contributed by atoms with Crippen molar-refractivity contribution in [2.75, 3.05) is 7.11 Å². The molecule has 0 aliphatic rings. The van der Waals surface area contributed by atoms with Gasteiger partial charge >= 0.3 is 5.97 Å². The van der Waals surface area contributed by atoms with Crippen molar-refractivity contribution in [2.24, 2.45) is 4.99 Å². The molecule has 2 aromatic carbocycles. The summed E-state index contributed by atoms with van der Waals surface area (Å²) in [6, 6.07) is 14.6. The molecule has 0 aliphatic heterocycles. The minimum atomic E-state index is -0.970. The molecule has 0 unspecified atom stereocenters.